The summed E-state index contributed by atoms with van der Waals surface area (Å²) in [6.45, 7) is 8.11. The van der Waals surface area contributed by atoms with Crippen LogP contribution in [0.25, 0.3) is 0 Å². The molecule has 1 aliphatic rings. The van der Waals surface area contributed by atoms with E-state index in [2.05, 4.69) is 0 Å². The van der Waals surface area contributed by atoms with E-state index in [0.29, 0.717) is 5.06 Å². The summed E-state index contributed by atoms with van der Waals surface area (Å²) < 4.78 is 19.3. The molecule has 1 N–H and O–H groups in total. The second kappa shape index (κ2) is 5.69. The molecular weight excluding hydrogens is 318 g/mol. The highest BCUT2D eigenvalue weighted by Gasteiger charge is 2.52. The van der Waals surface area contributed by atoms with Gasteiger partial charge in [-0.3, -0.25) is 0 Å². The molecule has 3 heterocycles. The third-order valence-electron chi connectivity index (χ3n) is 4.10. The van der Waals surface area contributed by atoms with Crippen LogP contribution in [0.2, 0.25) is 0 Å². The van der Waals surface area contributed by atoms with Crippen LogP contribution in [0.1, 0.15) is 27.7 Å². The minimum Gasteiger partial charge on any atom is -0.524 e. The smallest absolute Gasteiger partial charge is 0.524 e. The van der Waals surface area contributed by atoms with Gasteiger partial charge in [0.15, 0.2) is 5.06 Å². The van der Waals surface area contributed by atoms with Gasteiger partial charge in [-0.1, -0.05) is 12.1 Å². The summed E-state index contributed by atoms with van der Waals surface area (Å²) in [5.41, 5.74) is -0.724. The third-order valence-corrected chi connectivity index (χ3v) is 6.00. The van der Waals surface area contributed by atoms with E-state index < -0.39 is 14.2 Å². The van der Waals surface area contributed by atoms with Crippen molar-refractivity contribution >= 4 is 46.5 Å². The molecule has 0 amide bonds. The van der Waals surface area contributed by atoms with Crippen molar-refractivity contribution in [2.75, 3.05) is 0 Å². The van der Waals surface area contributed by atoms with Gasteiger partial charge in [-0.25, -0.2) is 0 Å². The van der Waals surface area contributed by atoms with E-state index in [0.717, 1.165) is 9.55 Å². The molecule has 0 aromatic carbocycles. The normalized spacial score (nSPS) is 19.4. The van der Waals surface area contributed by atoms with Gasteiger partial charge in [0.1, 0.15) is 0 Å². The molecule has 1 fully saturated rings. The first-order valence-corrected chi connectivity index (χ1v) is 8.82. The summed E-state index contributed by atoms with van der Waals surface area (Å²) in [7, 11) is -1.34. The van der Waals surface area contributed by atoms with Crippen LogP contribution in [0.4, 0.5) is 0 Å². The second-order valence-corrected chi connectivity index (χ2v) is 8.29. The lowest BCUT2D eigenvalue weighted by Gasteiger charge is -2.32. The first kappa shape index (κ1) is 16.1. The average molecular weight is 336 g/mol. The first-order valence-electron chi connectivity index (χ1n) is 7.12. The van der Waals surface area contributed by atoms with Crippen molar-refractivity contribution in [3.63, 3.8) is 0 Å². The van der Waals surface area contributed by atoms with Gasteiger partial charge in [-0.05, 0) is 45.2 Å². The van der Waals surface area contributed by atoms with E-state index in [-0.39, 0.29) is 11.2 Å². The lowest BCUT2D eigenvalue weighted by molar-refractivity contribution is 0.00578. The number of hydrogen-bond donors (Lipinski definition) is 1. The molecule has 22 heavy (non-hydrogen) atoms. The zero-order valence-electron chi connectivity index (χ0n) is 13.0. The maximum Gasteiger partial charge on any atom is 0.571 e. The molecular formula is C14H18B2O4S2. The van der Waals surface area contributed by atoms with Crippen molar-refractivity contribution in [2.45, 2.75) is 38.9 Å². The Morgan fingerprint density at radius 1 is 1.14 bits per heavy atom. The zero-order valence-corrected chi connectivity index (χ0v) is 14.7. The van der Waals surface area contributed by atoms with E-state index >= 15 is 0 Å². The number of thiophene rings is 2. The van der Waals surface area contributed by atoms with Gasteiger partial charge in [-0.2, -0.15) is 11.3 Å². The summed E-state index contributed by atoms with van der Waals surface area (Å²) in [5.74, 6) is 0. The van der Waals surface area contributed by atoms with E-state index in [1.54, 1.807) is 0 Å². The lowest BCUT2D eigenvalue weighted by atomic mass is 9.88. The van der Waals surface area contributed by atoms with Crippen LogP contribution in [0.15, 0.2) is 29.6 Å². The van der Waals surface area contributed by atoms with Crippen molar-refractivity contribution in [1.29, 1.82) is 0 Å². The molecule has 3 rings (SSSR count). The summed E-state index contributed by atoms with van der Waals surface area (Å²) in [6.07, 6.45) is 0. The molecule has 116 valence electrons. The van der Waals surface area contributed by atoms with Gasteiger partial charge in [0, 0.05) is 9.55 Å². The minimum atomic E-state index is -0.940. The maximum atomic E-state index is 10.0. The lowest BCUT2D eigenvalue weighted by Crippen LogP contribution is -2.41. The minimum absolute atomic E-state index is 0.362. The third kappa shape index (κ3) is 2.98. The Hall–Kier alpha value is -0.790. The number of rotatable bonds is 4. The Kier molecular flexibility index (Phi) is 4.16. The van der Waals surface area contributed by atoms with Crippen molar-refractivity contribution in [3.05, 3.63) is 29.6 Å². The van der Waals surface area contributed by atoms with Gasteiger partial charge in [-0.15, -0.1) is 11.3 Å². The van der Waals surface area contributed by atoms with Gasteiger partial charge in [0.25, 0.3) is 0 Å². The fourth-order valence-corrected chi connectivity index (χ4v) is 3.56. The van der Waals surface area contributed by atoms with E-state index in [1.165, 1.54) is 22.7 Å². The van der Waals surface area contributed by atoms with E-state index in [9.17, 15) is 5.02 Å². The molecule has 0 atom stereocenters. The Labute approximate surface area is 139 Å². The molecule has 2 aromatic rings. The zero-order chi connectivity index (χ0) is 16.0. The quantitative estimate of drug-likeness (QED) is 0.867. The van der Waals surface area contributed by atoms with Crippen LogP contribution >= 0.6 is 22.7 Å². The Bertz CT molecular complexity index is 623. The van der Waals surface area contributed by atoms with Crippen LogP contribution in [-0.2, 0) is 9.31 Å². The van der Waals surface area contributed by atoms with Crippen LogP contribution in [0.5, 0.6) is 5.06 Å². The van der Waals surface area contributed by atoms with Crippen LogP contribution in [0.3, 0.4) is 0 Å². The molecule has 0 aliphatic carbocycles. The van der Waals surface area contributed by atoms with E-state index in [4.69, 9.17) is 14.0 Å². The second-order valence-electron chi connectivity index (χ2n) is 6.23. The fourth-order valence-electron chi connectivity index (χ4n) is 2.08. The molecule has 4 nitrogen and oxygen atoms in total. The van der Waals surface area contributed by atoms with Crippen molar-refractivity contribution in [2.24, 2.45) is 0 Å². The van der Waals surface area contributed by atoms with Crippen molar-refractivity contribution in [1.82, 2.24) is 0 Å². The molecule has 0 unspecified atom stereocenters. The largest absolute Gasteiger partial charge is 0.571 e. The van der Waals surface area contributed by atoms with Crippen LogP contribution in [0, 0.1) is 0 Å². The monoisotopic (exact) mass is 336 g/mol. The number of hydrogen-bond acceptors (Lipinski definition) is 6. The highest BCUT2D eigenvalue weighted by molar-refractivity contribution is 7.24. The van der Waals surface area contributed by atoms with Crippen LogP contribution in [-0.4, -0.2) is 30.5 Å². The first-order chi connectivity index (χ1) is 10.3. The topological polar surface area (TPSA) is 47.9 Å². The highest BCUT2D eigenvalue weighted by atomic mass is 32.1. The molecule has 2 aromatic heterocycles. The Balaban J connectivity index is 1.70. The highest BCUT2D eigenvalue weighted by Crippen LogP contribution is 2.37. The Morgan fingerprint density at radius 3 is 2.41 bits per heavy atom. The molecule has 8 heteroatoms. The van der Waals surface area contributed by atoms with Crippen LogP contribution < -0.4 is 14.2 Å². The van der Waals surface area contributed by atoms with E-state index in [1.807, 2.05) is 57.3 Å². The Morgan fingerprint density at radius 2 is 1.82 bits per heavy atom. The van der Waals surface area contributed by atoms with Gasteiger partial charge >= 0.3 is 14.2 Å². The summed E-state index contributed by atoms with van der Waals surface area (Å²) in [6, 6.07) is 7.49. The summed E-state index contributed by atoms with van der Waals surface area (Å²) in [4.78, 5) is 0. The summed E-state index contributed by atoms with van der Waals surface area (Å²) in [5, 5.41) is 12.6. The molecule has 0 saturated carbocycles. The van der Waals surface area contributed by atoms with Crippen molar-refractivity contribution < 1.29 is 19.0 Å². The molecule has 0 spiro atoms. The summed E-state index contributed by atoms with van der Waals surface area (Å²) >= 11 is 2.89. The van der Waals surface area contributed by atoms with Gasteiger partial charge < -0.3 is 19.0 Å². The molecule has 1 aliphatic heterocycles. The van der Waals surface area contributed by atoms with Gasteiger partial charge in [0.05, 0.1) is 11.2 Å². The molecule has 0 radical (unpaired) electrons. The SMILES string of the molecule is CC1(C)OB(c2ccc(OB(O)c3cccs3)s2)OC1(C)C. The standard InChI is InChI=1S/C14H18B2O4S2/c1-13(2)14(3,4)20-16(19-13)11-7-8-12(22-11)18-15(17)10-6-5-9-21-10/h5-9,17H,1-4H3. The predicted octanol–water partition coefficient (Wildman–Crippen LogP) is 1.88. The molecule has 1 saturated heterocycles. The average Bonchev–Trinajstić information content (AvgIpc) is 3.11. The fraction of sp³-hybridized carbons (Fsp3) is 0.429. The maximum absolute atomic E-state index is 10.0. The van der Waals surface area contributed by atoms with Gasteiger partial charge in [0.2, 0.25) is 0 Å². The van der Waals surface area contributed by atoms with Crippen molar-refractivity contribution in [3.8, 4) is 5.06 Å². The predicted molar refractivity (Wildman–Crippen MR) is 92.6 cm³/mol. The molecule has 0 bridgehead atoms.